The van der Waals surface area contributed by atoms with Gasteiger partial charge in [-0.25, -0.2) is 10.0 Å². The van der Waals surface area contributed by atoms with Crippen molar-refractivity contribution in [1.29, 1.82) is 0 Å². The van der Waals surface area contributed by atoms with Crippen LogP contribution < -0.4 is 5.32 Å². The number of rotatable bonds is 6. The molecule has 1 atom stereocenters. The number of nitrogens with one attached hydrogen (secondary N) is 1. The van der Waals surface area contributed by atoms with Gasteiger partial charge in [-0.2, -0.15) is 5.12 Å². The summed E-state index contributed by atoms with van der Waals surface area (Å²) in [6.07, 6.45) is 6.87. The number of amides is 1. The zero-order valence-electron chi connectivity index (χ0n) is 21.2. The largest absolute Gasteiger partial charge is 0.354 e. The number of likely N-dealkylation sites (N-methyl/N-ethyl adjacent to an activating group) is 1. The third kappa shape index (κ3) is 4.37. The molecule has 4 aliphatic heterocycles. The van der Waals surface area contributed by atoms with Crippen molar-refractivity contribution in [3.05, 3.63) is 40.7 Å². The zero-order valence-corrected chi connectivity index (χ0v) is 21.9. The molecule has 4 heterocycles. The summed E-state index contributed by atoms with van der Waals surface area (Å²) in [5.74, 6) is 2.47. The van der Waals surface area contributed by atoms with Gasteiger partial charge in [-0.1, -0.05) is 24.4 Å². The van der Waals surface area contributed by atoms with Crippen LogP contribution in [0.2, 0.25) is 5.02 Å². The molecule has 0 spiro atoms. The molecule has 1 saturated heterocycles. The molecule has 1 N–H and O–H groups in total. The summed E-state index contributed by atoms with van der Waals surface area (Å²) < 4.78 is 0. The number of hydrogen-bond acceptors (Lipinski definition) is 8. The summed E-state index contributed by atoms with van der Waals surface area (Å²) >= 11 is 6.37. The van der Waals surface area contributed by atoms with E-state index in [9.17, 15) is 4.79 Å². The van der Waals surface area contributed by atoms with Gasteiger partial charge in [0.1, 0.15) is 11.7 Å². The van der Waals surface area contributed by atoms with Crippen molar-refractivity contribution in [2.24, 2.45) is 16.0 Å². The standard InChI is InChI=1S/C26H35ClN8O/c1-31(2)11-12-32-13-15-33(16-14-32)22-9-10-34-30-24(18-5-3-4-6-18)29-25(35(22)34)23-20-17-19(27)7-8-21(20)28-26(23)36/h7-9,17-18,23H,3-6,10-16H2,1-2H3,(H,28,36). The number of carbonyl (C=O) groups excluding carboxylic acids is 1. The molecule has 1 unspecified atom stereocenters. The Labute approximate surface area is 218 Å². The van der Waals surface area contributed by atoms with Crippen LogP contribution in [0.4, 0.5) is 5.69 Å². The molecule has 1 aromatic carbocycles. The summed E-state index contributed by atoms with van der Waals surface area (Å²) in [4.78, 5) is 25.7. The van der Waals surface area contributed by atoms with Crippen molar-refractivity contribution < 1.29 is 4.79 Å². The SMILES string of the molecule is CN(C)CCN1CCN(C2=CCN3N=C(C4CCCC4)N=C(C4C(=O)Nc5ccc(Cl)cc54)N23)CC1. The van der Waals surface area contributed by atoms with E-state index in [1.165, 1.54) is 12.8 Å². The Bertz CT molecular complexity index is 1120. The zero-order chi connectivity index (χ0) is 24.8. The summed E-state index contributed by atoms with van der Waals surface area (Å²) in [5, 5.41) is 12.8. The van der Waals surface area contributed by atoms with Crippen LogP contribution in [0, 0.1) is 5.92 Å². The monoisotopic (exact) mass is 510 g/mol. The lowest BCUT2D eigenvalue weighted by Crippen LogP contribution is -2.53. The molecule has 1 aliphatic carbocycles. The Kier molecular flexibility index (Phi) is 6.39. The van der Waals surface area contributed by atoms with Crippen LogP contribution in [0.1, 0.15) is 37.2 Å². The van der Waals surface area contributed by atoms with Crippen LogP contribution in [-0.2, 0) is 4.79 Å². The highest BCUT2D eigenvalue weighted by Gasteiger charge is 2.45. The van der Waals surface area contributed by atoms with Gasteiger partial charge in [0.2, 0.25) is 5.91 Å². The van der Waals surface area contributed by atoms with Crippen molar-refractivity contribution in [2.75, 3.05) is 65.2 Å². The Morgan fingerprint density at radius 2 is 1.92 bits per heavy atom. The van der Waals surface area contributed by atoms with Gasteiger partial charge in [0.25, 0.3) is 0 Å². The summed E-state index contributed by atoms with van der Waals surface area (Å²) in [5.41, 5.74) is 1.70. The first-order valence-corrected chi connectivity index (χ1v) is 13.5. The van der Waals surface area contributed by atoms with Crippen molar-refractivity contribution in [3.63, 3.8) is 0 Å². The third-order valence-electron chi connectivity index (χ3n) is 7.93. The highest BCUT2D eigenvalue weighted by atomic mass is 35.5. The average Bonchev–Trinajstić information content (AvgIpc) is 3.61. The second-order valence-electron chi connectivity index (χ2n) is 10.6. The Morgan fingerprint density at radius 3 is 2.67 bits per heavy atom. The fourth-order valence-electron chi connectivity index (χ4n) is 5.91. The highest BCUT2D eigenvalue weighted by Crippen LogP contribution is 2.40. The maximum Gasteiger partial charge on any atom is 0.239 e. The summed E-state index contributed by atoms with van der Waals surface area (Å²) in [7, 11) is 4.24. The minimum absolute atomic E-state index is 0.0570. The number of aliphatic imine (C=N–C) groups is 1. The number of fused-ring (bicyclic) bond motifs is 2. The van der Waals surface area contributed by atoms with Crippen LogP contribution >= 0.6 is 11.6 Å². The number of hydrazine groups is 1. The minimum atomic E-state index is -0.518. The molecule has 0 radical (unpaired) electrons. The number of piperazine rings is 1. The first-order valence-electron chi connectivity index (χ1n) is 13.1. The molecule has 1 saturated carbocycles. The number of halogens is 1. The quantitative estimate of drug-likeness (QED) is 0.634. The second kappa shape index (κ2) is 9.68. The number of hydrogen-bond donors (Lipinski definition) is 1. The van der Waals surface area contributed by atoms with E-state index in [1.807, 2.05) is 23.3 Å². The molecular formula is C26H35ClN8O. The molecular weight excluding hydrogens is 476 g/mol. The first kappa shape index (κ1) is 23.8. The minimum Gasteiger partial charge on any atom is -0.354 e. The lowest BCUT2D eigenvalue weighted by Gasteiger charge is -2.43. The maximum absolute atomic E-state index is 13.3. The van der Waals surface area contributed by atoms with Gasteiger partial charge in [0.15, 0.2) is 11.7 Å². The molecule has 1 amide bonds. The predicted octanol–water partition coefficient (Wildman–Crippen LogP) is 2.84. The fraction of sp³-hybridized carbons (Fsp3) is 0.577. The van der Waals surface area contributed by atoms with E-state index >= 15 is 0 Å². The topological polar surface area (TPSA) is 70.0 Å². The van der Waals surface area contributed by atoms with Crippen molar-refractivity contribution in [2.45, 2.75) is 31.6 Å². The molecule has 2 fully saturated rings. The molecule has 0 bridgehead atoms. The van der Waals surface area contributed by atoms with Gasteiger partial charge in [-0.3, -0.25) is 9.69 Å². The van der Waals surface area contributed by atoms with E-state index in [0.717, 1.165) is 80.9 Å². The van der Waals surface area contributed by atoms with E-state index in [-0.39, 0.29) is 5.91 Å². The Morgan fingerprint density at radius 1 is 1.14 bits per heavy atom. The van der Waals surface area contributed by atoms with Crippen LogP contribution in [0.15, 0.2) is 40.2 Å². The van der Waals surface area contributed by atoms with Gasteiger partial charge in [-0.15, -0.1) is 5.10 Å². The van der Waals surface area contributed by atoms with Gasteiger partial charge < -0.3 is 15.1 Å². The number of carbonyl (C=O) groups is 1. The molecule has 5 aliphatic rings. The van der Waals surface area contributed by atoms with Crippen LogP contribution in [0.5, 0.6) is 0 Å². The first-order chi connectivity index (χ1) is 17.5. The predicted molar refractivity (Wildman–Crippen MR) is 143 cm³/mol. The van der Waals surface area contributed by atoms with Crippen LogP contribution in [-0.4, -0.2) is 102 Å². The van der Waals surface area contributed by atoms with Crippen molar-refractivity contribution >= 4 is 34.9 Å². The van der Waals surface area contributed by atoms with Gasteiger partial charge in [-0.05, 0) is 56.8 Å². The van der Waals surface area contributed by atoms with Crippen LogP contribution in [0.25, 0.3) is 0 Å². The van der Waals surface area contributed by atoms with Crippen LogP contribution in [0.3, 0.4) is 0 Å². The number of benzene rings is 1. The third-order valence-corrected chi connectivity index (χ3v) is 8.17. The molecule has 10 heteroatoms. The number of amidine groups is 2. The van der Waals surface area contributed by atoms with E-state index in [0.29, 0.717) is 17.5 Å². The number of anilines is 1. The van der Waals surface area contributed by atoms with E-state index in [1.54, 1.807) is 0 Å². The molecule has 1 aromatic rings. The highest BCUT2D eigenvalue weighted by molar-refractivity contribution is 6.31. The van der Waals surface area contributed by atoms with E-state index in [4.69, 9.17) is 21.7 Å². The van der Waals surface area contributed by atoms with Gasteiger partial charge in [0.05, 0.1) is 6.54 Å². The lowest BCUT2D eigenvalue weighted by atomic mass is 9.98. The fourth-order valence-corrected chi connectivity index (χ4v) is 6.09. The van der Waals surface area contributed by atoms with Crippen molar-refractivity contribution in [1.82, 2.24) is 24.8 Å². The molecule has 0 aromatic heterocycles. The van der Waals surface area contributed by atoms with Gasteiger partial charge in [0, 0.05) is 55.9 Å². The van der Waals surface area contributed by atoms with E-state index < -0.39 is 5.92 Å². The van der Waals surface area contributed by atoms with Gasteiger partial charge >= 0.3 is 0 Å². The molecule has 6 rings (SSSR count). The molecule has 192 valence electrons. The lowest BCUT2D eigenvalue weighted by molar-refractivity contribution is -0.116. The molecule has 9 nitrogen and oxygen atoms in total. The molecule has 36 heavy (non-hydrogen) atoms. The smallest absolute Gasteiger partial charge is 0.239 e. The normalized spacial score (nSPS) is 24.7. The summed E-state index contributed by atoms with van der Waals surface area (Å²) in [6, 6.07) is 5.60. The van der Waals surface area contributed by atoms with Crippen molar-refractivity contribution in [3.8, 4) is 0 Å². The van der Waals surface area contributed by atoms with E-state index in [2.05, 4.69) is 45.2 Å². The average molecular weight is 511 g/mol. The number of hydrazone groups is 1. The maximum atomic E-state index is 13.3. The Balaban J connectivity index is 1.29. The summed E-state index contributed by atoms with van der Waals surface area (Å²) in [6.45, 7) is 6.75. The number of nitrogens with zero attached hydrogens (tertiary/aromatic N) is 7. The second-order valence-corrected chi connectivity index (χ2v) is 11.1. The Hall–Kier alpha value is -2.62.